The lowest BCUT2D eigenvalue weighted by Crippen LogP contribution is -2.34. The van der Waals surface area contributed by atoms with Crippen LogP contribution in [0.25, 0.3) is 0 Å². The first-order valence-corrected chi connectivity index (χ1v) is 8.63. The van der Waals surface area contributed by atoms with E-state index >= 15 is 0 Å². The summed E-state index contributed by atoms with van der Waals surface area (Å²) in [5, 5.41) is 3.80. The van der Waals surface area contributed by atoms with Gasteiger partial charge in [-0.05, 0) is 30.0 Å². The van der Waals surface area contributed by atoms with Gasteiger partial charge in [-0.3, -0.25) is 14.6 Å². The molecule has 5 nitrogen and oxygen atoms in total. The van der Waals surface area contributed by atoms with Crippen LogP contribution in [0.4, 0.5) is 5.69 Å². The first-order valence-electron chi connectivity index (χ1n) is 7.69. The topological polar surface area (TPSA) is 53.5 Å². The van der Waals surface area contributed by atoms with Gasteiger partial charge in [0.25, 0.3) is 5.91 Å². The van der Waals surface area contributed by atoms with E-state index in [2.05, 4.69) is 4.98 Å². The van der Waals surface area contributed by atoms with Crippen LogP contribution in [0.3, 0.4) is 0 Å². The average molecular weight is 327 g/mol. The molecule has 1 spiro atoms. The van der Waals surface area contributed by atoms with Gasteiger partial charge in [0.2, 0.25) is 5.91 Å². The largest absolute Gasteiger partial charge is 0.338 e. The van der Waals surface area contributed by atoms with Crippen molar-refractivity contribution in [1.82, 2.24) is 9.88 Å². The summed E-state index contributed by atoms with van der Waals surface area (Å²) in [5.41, 5.74) is 1.48. The number of likely N-dealkylation sites (tertiary alicyclic amines) is 1. The van der Waals surface area contributed by atoms with Crippen LogP contribution in [-0.4, -0.2) is 41.3 Å². The van der Waals surface area contributed by atoms with E-state index in [4.69, 9.17) is 0 Å². The summed E-state index contributed by atoms with van der Waals surface area (Å²) in [4.78, 5) is 32.7. The van der Waals surface area contributed by atoms with Gasteiger partial charge >= 0.3 is 0 Å². The molecule has 2 aliphatic rings. The number of amides is 2. The Balaban J connectivity index is 1.51. The summed E-state index contributed by atoms with van der Waals surface area (Å²) in [6, 6.07) is 5.61. The normalized spacial score (nSPS) is 23.9. The molecule has 2 aliphatic heterocycles. The Kier molecular flexibility index (Phi) is 3.41. The molecule has 2 fully saturated rings. The summed E-state index contributed by atoms with van der Waals surface area (Å²) in [6.45, 7) is 2.05. The standard InChI is InChI=1S/C17H17N3O2S/c21-15-8-17(12-20(15)14-2-1-5-18-9-14)4-6-19(11-17)16(22)13-3-7-23-10-13/h1-3,5,7,9-10H,4,6,8,11-12H2. The predicted octanol–water partition coefficient (Wildman–Crippen LogP) is 2.41. The maximum atomic E-state index is 12.5. The second-order valence-electron chi connectivity index (χ2n) is 6.36. The summed E-state index contributed by atoms with van der Waals surface area (Å²) in [5.74, 6) is 0.207. The minimum Gasteiger partial charge on any atom is -0.338 e. The van der Waals surface area contributed by atoms with E-state index in [9.17, 15) is 9.59 Å². The lowest BCUT2D eigenvalue weighted by Gasteiger charge is -2.24. The second kappa shape index (κ2) is 5.45. The van der Waals surface area contributed by atoms with Gasteiger partial charge in [-0.2, -0.15) is 11.3 Å². The predicted molar refractivity (Wildman–Crippen MR) is 88.5 cm³/mol. The monoisotopic (exact) mass is 327 g/mol. The first kappa shape index (κ1) is 14.4. The Morgan fingerprint density at radius 3 is 2.96 bits per heavy atom. The fraction of sp³-hybridized carbons (Fsp3) is 0.353. The highest BCUT2D eigenvalue weighted by Crippen LogP contribution is 2.42. The number of aromatic nitrogens is 1. The minimum atomic E-state index is -0.112. The first-order chi connectivity index (χ1) is 11.2. The van der Waals surface area contributed by atoms with Crippen molar-refractivity contribution in [2.24, 2.45) is 5.41 Å². The molecule has 0 aliphatic carbocycles. The molecule has 118 valence electrons. The highest BCUT2D eigenvalue weighted by Gasteiger charge is 2.48. The molecule has 0 radical (unpaired) electrons. The Morgan fingerprint density at radius 1 is 1.30 bits per heavy atom. The third-order valence-corrected chi connectivity index (χ3v) is 5.46. The van der Waals surface area contributed by atoms with E-state index in [1.165, 1.54) is 11.3 Å². The van der Waals surface area contributed by atoms with Crippen LogP contribution >= 0.6 is 11.3 Å². The number of nitrogens with zero attached hydrogens (tertiary/aromatic N) is 3. The highest BCUT2D eigenvalue weighted by molar-refractivity contribution is 7.08. The molecule has 4 rings (SSSR count). The van der Waals surface area contributed by atoms with Crippen molar-refractivity contribution < 1.29 is 9.59 Å². The van der Waals surface area contributed by atoms with E-state index in [-0.39, 0.29) is 17.2 Å². The molecule has 2 aromatic heterocycles. The van der Waals surface area contributed by atoms with Gasteiger partial charge in [-0.1, -0.05) is 0 Å². The van der Waals surface area contributed by atoms with Gasteiger partial charge < -0.3 is 9.80 Å². The lowest BCUT2D eigenvalue weighted by molar-refractivity contribution is -0.117. The molecule has 0 bridgehead atoms. The summed E-state index contributed by atoms with van der Waals surface area (Å²) in [7, 11) is 0. The number of rotatable bonds is 2. The van der Waals surface area contributed by atoms with Crippen LogP contribution in [-0.2, 0) is 4.79 Å². The summed E-state index contributed by atoms with van der Waals surface area (Å²) < 4.78 is 0. The Labute approximate surface area is 138 Å². The van der Waals surface area contributed by atoms with Crippen LogP contribution < -0.4 is 4.90 Å². The fourth-order valence-corrected chi connectivity index (χ4v) is 4.22. The number of carbonyl (C=O) groups is 2. The second-order valence-corrected chi connectivity index (χ2v) is 7.14. The van der Waals surface area contributed by atoms with Gasteiger partial charge in [0.1, 0.15) is 0 Å². The molecule has 2 saturated heterocycles. The molecular formula is C17H17N3O2S. The van der Waals surface area contributed by atoms with Gasteiger partial charge in [-0.15, -0.1) is 0 Å². The van der Waals surface area contributed by atoms with Crippen molar-refractivity contribution in [1.29, 1.82) is 0 Å². The lowest BCUT2D eigenvalue weighted by atomic mass is 9.86. The third kappa shape index (κ3) is 2.53. The zero-order chi connectivity index (χ0) is 15.9. The fourth-order valence-electron chi connectivity index (χ4n) is 3.59. The number of thiophene rings is 1. The summed E-state index contributed by atoms with van der Waals surface area (Å²) >= 11 is 1.53. The molecule has 2 amide bonds. The minimum absolute atomic E-state index is 0.0791. The van der Waals surface area contributed by atoms with Crippen molar-refractivity contribution in [2.45, 2.75) is 12.8 Å². The number of hydrogen-bond acceptors (Lipinski definition) is 4. The van der Waals surface area contributed by atoms with Crippen LogP contribution in [0.1, 0.15) is 23.2 Å². The van der Waals surface area contributed by atoms with Gasteiger partial charge in [0, 0.05) is 43.0 Å². The van der Waals surface area contributed by atoms with Crippen LogP contribution in [0, 0.1) is 5.41 Å². The van der Waals surface area contributed by atoms with Gasteiger partial charge in [0.05, 0.1) is 17.4 Å². The Hall–Kier alpha value is -2.21. The van der Waals surface area contributed by atoms with E-state index < -0.39 is 0 Å². The zero-order valence-electron chi connectivity index (χ0n) is 12.6. The molecule has 1 atom stereocenters. The highest BCUT2D eigenvalue weighted by atomic mass is 32.1. The molecule has 0 N–H and O–H groups in total. The van der Waals surface area contributed by atoms with Crippen molar-refractivity contribution >= 4 is 28.8 Å². The number of anilines is 1. The number of carbonyl (C=O) groups excluding carboxylic acids is 2. The van der Waals surface area contributed by atoms with Crippen LogP contribution in [0.2, 0.25) is 0 Å². The van der Waals surface area contributed by atoms with E-state index in [0.717, 1.165) is 24.2 Å². The Morgan fingerprint density at radius 2 is 2.22 bits per heavy atom. The maximum Gasteiger partial charge on any atom is 0.254 e. The zero-order valence-corrected chi connectivity index (χ0v) is 13.5. The molecule has 4 heterocycles. The number of hydrogen-bond donors (Lipinski definition) is 0. The molecule has 2 aromatic rings. The maximum absolute atomic E-state index is 12.5. The molecule has 0 saturated carbocycles. The SMILES string of the molecule is O=C(c1ccsc1)N1CCC2(CC(=O)N(c3cccnc3)C2)C1. The van der Waals surface area contributed by atoms with Crippen LogP contribution in [0.5, 0.6) is 0 Å². The van der Waals surface area contributed by atoms with Gasteiger partial charge in [0.15, 0.2) is 0 Å². The van der Waals surface area contributed by atoms with Crippen molar-refractivity contribution in [2.75, 3.05) is 24.5 Å². The van der Waals surface area contributed by atoms with Crippen molar-refractivity contribution in [3.8, 4) is 0 Å². The average Bonchev–Trinajstić information content (AvgIpc) is 3.29. The third-order valence-electron chi connectivity index (χ3n) is 4.77. The van der Waals surface area contributed by atoms with Crippen molar-refractivity contribution in [3.05, 3.63) is 46.9 Å². The van der Waals surface area contributed by atoms with Crippen LogP contribution in [0.15, 0.2) is 41.4 Å². The molecule has 1 unspecified atom stereocenters. The molecule has 23 heavy (non-hydrogen) atoms. The van der Waals surface area contributed by atoms with E-state index in [1.54, 1.807) is 12.4 Å². The molecular weight excluding hydrogens is 310 g/mol. The molecule has 0 aromatic carbocycles. The quantitative estimate of drug-likeness (QED) is 0.851. The van der Waals surface area contributed by atoms with Crippen molar-refractivity contribution in [3.63, 3.8) is 0 Å². The smallest absolute Gasteiger partial charge is 0.254 e. The number of pyridine rings is 1. The van der Waals surface area contributed by atoms with Gasteiger partial charge in [-0.25, -0.2) is 0 Å². The Bertz CT molecular complexity index is 732. The summed E-state index contributed by atoms with van der Waals surface area (Å²) in [6.07, 6.45) is 4.82. The molecule has 6 heteroatoms. The van der Waals surface area contributed by atoms with E-state index in [1.807, 2.05) is 38.8 Å². The van der Waals surface area contributed by atoms with E-state index in [0.29, 0.717) is 19.5 Å².